The van der Waals surface area contributed by atoms with Gasteiger partial charge in [-0.2, -0.15) is 0 Å². The fraction of sp³-hybridized carbons (Fsp3) is 0.211. The van der Waals surface area contributed by atoms with Crippen molar-refractivity contribution >= 4 is 23.4 Å². The van der Waals surface area contributed by atoms with Crippen LogP contribution < -0.4 is 10.1 Å². The van der Waals surface area contributed by atoms with Crippen molar-refractivity contribution in [2.45, 2.75) is 17.3 Å². The normalized spacial score (nSPS) is 11.9. The van der Waals surface area contributed by atoms with Crippen molar-refractivity contribution in [1.29, 1.82) is 0 Å². The zero-order valence-corrected chi connectivity index (χ0v) is 16.0. The third-order valence-corrected chi connectivity index (χ3v) is 5.09. The Morgan fingerprint density at radius 1 is 1.19 bits per heavy atom. The zero-order valence-electron chi connectivity index (χ0n) is 15.1. The summed E-state index contributed by atoms with van der Waals surface area (Å²) in [4.78, 5) is 12.4. The summed E-state index contributed by atoms with van der Waals surface area (Å²) in [5.74, 6) is 0.601. The molecule has 0 saturated heterocycles. The Labute approximate surface area is 160 Å². The molecule has 27 heavy (non-hydrogen) atoms. The topological polar surface area (TPSA) is 69.0 Å². The van der Waals surface area contributed by atoms with E-state index in [1.807, 2.05) is 0 Å². The maximum absolute atomic E-state index is 14.0. The lowest BCUT2D eigenvalue weighted by atomic mass is 10.2. The van der Waals surface area contributed by atoms with E-state index in [0.29, 0.717) is 22.2 Å². The summed E-state index contributed by atoms with van der Waals surface area (Å²) in [5, 5.41) is 11.1. The summed E-state index contributed by atoms with van der Waals surface area (Å²) in [6.07, 6.45) is 0. The number of nitrogens with zero attached hydrogens (tertiary/aromatic N) is 3. The molecule has 0 aliphatic rings. The molecule has 0 saturated carbocycles. The Hall–Kier alpha value is -2.87. The molecule has 1 heterocycles. The number of hydrogen-bond donors (Lipinski definition) is 1. The summed E-state index contributed by atoms with van der Waals surface area (Å²) >= 11 is 1.26. The van der Waals surface area contributed by atoms with Gasteiger partial charge in [-0.1, -0.05) is 23.9 Å². The van der Waals surface area contributed by atoms with Gasteiger partial charge in [-0.3, -0.25) is 4.79 Å². The average Bonchev–Trinajstić information content (AvgIpc) is 3.03. The molecule has 3 rings (SSSR count). The van der Waals surface area contributed by atoms with E-state index in [-0.39, 0.29) is 11.7 Å². The molecule has 1 unspecified atom stereocenters. The summed E-state index contributed by atoms with van der Waals surface area (Å²) in [6.45, 7) is 1.78. The number of anilines is 1. The molecule has 0 aliphatic heterocycles. The SMILES string of the molecule is COc1ccc(NC(=O)C(C)Sc2nnc(-c3ccccc3F)n2C)cc1. The predicted molar refractivity (Wildman–Crippen MR) is 103 cm³/mol. The van der Waals surface area contributed by atoms with Gasteiger partial charge in [0.25, 0.3) is 0 Å². The van der Waals surface area contributed by atoms with Gasteiger partial charge in [0.05, 0.1) is 17.9 Å². The first-order valence-electron chi connectivity index (χ1n) is 8.25. The van der Waals surface area contributed by atoms with E-state index in [2.05, 4.69) is 15.5 Å². The van der Waals surface area contributed by atoms with Crippen molar-refractivity contribution in [3.63, 3.8) is 0 Å². The van der Waals surface area contributed by atoms with Gasteiger partial charge in [-0.05, 0) is 43.3 Å². The molecule has 0 bridgehead atoms. The Morgan fingerprint density at radius 2 is 1.89 bits per heavy atom. The van der Waals surface area contributed by atoms with E-state index in [4.69, 9.17) is 4.74 Å². The lowest BCUT2D eigenvalue weighted by Gasteiger charge is -2.12. The van der Waals surface area contributed by atoms with Crippen LogP contribution in [0.15, 0.2) is 53.7 Å². The van der Waals surface area contributed by atoms with E-state index in [9.17, 15) is 9.18 Å². The monoisotopic (exact) mass is 386 g/mol. The molecule has 1 atom stereocenters. The Bertz CT molecular complexity index is 943. The first-order valence-corrected chi connectivity index (χ1v) is 9.13. The van der Waals surface area contributed by atoms with Crippen LogP contribution in [0, 0.1) is 5.82 Å². The summed E-state index contributed by atoms with van der Waals surface area (Å²) in [5.41, 5.74) is 1.05. The van der Waals surface area contributed by atoms with Gasteiger partial charge in [0.2, 0.25) is 5.91 Å². The maximum Gasteiger partial charge on any atom is 0.237 e. The van der Waals surface area contributed by atoms with Gasteiger partial charge in [-0.25, -0.2) is 4.39 Å². The van der Waals surface area contributed by atoms with Crippen LogP contribution in [-0.4, -0.2) is 33.0 Å². The number of hydrogen-bond acceptors (Lipinski definition) is 5. The maximum atomic E-state index is 14.0. The predicted octanol–water partition coefficient (Wildman–Crippen LogP) is 3.75. The smallest absolute Gasteiger partial charge is 0.237 e. The third kappa shape index (κ3) is 4.28. The molecule has 0 radical (unpaired) electrons. The number of rotatable bonds is 6. The number of nitrogens with one attached hydrogen (secondary N) is 1. The van der Waals surface area contributed by atoms with Crippen molar-refractivity contribution in [3.8, 4) is 17.1 Å². The van der Waals surface area contributed by atoms with Gasteiger partial charge in [0.1, 0.15) is 11.6 Å². The van der Waals surface area contributed by atoms with Crippen LogP contribution in [0.1, 0.15) is 6.92 Å². The highest BCUT2D eigenvalue weighted by Gasteiger charge is 2.20. The van der Waals surface area contributed by atoms with Crippen LogP contribution in [0.2, 0.25) is 0 Å². The zero-order chi connectivity index (χ0) is 19.4. The molecule has 8 heteroatoms. The Morgan fingerprint density at radius 3 is 2.56 bits per heavy atom. The minimum Gasteiger partial charge on any atom is -0.497 e. The van der Waals surface area contributed by atoms with Crippen molar-refractivity contribution in [1.82, 2.24) is 14.8 Å². The standard InChI is InChI=1S/C19H19FN4O2S/c1-12(18(25)21-13-8-10-14(26-3)11-9-13)27-19-23-22-17(24(19)2)15-6-4-5-7-16(15)20/h4-12H,1-3H3,(H,21,25). The first-order chi connectivity index (χ1) is 13.0. The minimum atomic E-state index is -0.413. The fourth-order valence-electron chi connectivity index (χ4n) is 2.42. The van der Waals surface area contributed by atoms with E-state index in [1.165, 1.54) is 17.8 Å². The van der Waals surface area contributed by atoms with Crippen LogP contribution in [0.25, 0.3) is 11.4 Å². The van der Waals surface area contributed by atoms with Crippen LogP contribution >= 0.6 is 11.8 Å². The highest BCUT2D eigenvalue weighted by Crippen LogP contribution is 2.27. The molecule has 1 N–H and O–H groups in total. The largest absolute Gasteiger partial charge is 0.497 e. The van der Waals surface area contributed by atoms with Gasteiger partial charge >= 0.3 is 0 Å². The number of halogens is 1. The van der Waals surface area contributed by atoms with Crippen LogP contribution in [0.5, 0.6) is 5.75 Å². The Balaban J connectivity index is 1.69. The number of aromatic nitrogens is 3. The second-order valence-electron chi connectivity index (χ2n) is 5.82. The number of methoxy groups -OCH3 is 1. The van der Waals surface area contributed by atoms with Crippen molar-refractivity contribution < 1.29 is 13.9 Å². The van der Waals surface area contributed by atoms with Crippen LogP contribution in [0.4, 0.5) is 10.1 Å². The van der Waals surface area contributed by atoms with Crippen molar-refractivity contribution in [2.24, 2.45) is 7.05 Å². The molecule has 1 amide bonds. The first kappa shape index (κ1) is 18.9. The lowest BCUT2D eigenvalue weighted by Crippen LogP contribution is -2.22. The molecular weight excluding hydrogens is 367 g/mol. The highest BCUT2D eigenvalue weighted by atomic mass is 32.2. The summed E-state index contributed by atoms with van der Waals surface area (Å²) in [7, 11) is 3.33. The summed E-state index contributed by atoms with van der Waals surface area (Å²) in [6, 6.07) is 13.5. The molecule has 0 spiro atoms. The minimum absolute atomic E-state index is 0.166. The Kier molecular flexibility index (Phi) is 5.75. The molecule has 1 aromatic heterocycles. The van der Waals surface area contributed by atoms with Crippen LogP contribution in [-0.2, 0) is 11.8 Å². The molecule has 0 fully saturated rings. The van der Waals surface area contributed by atoms with Gasteiger partial charge in [0, 0.05) is 12.7 Å². The van der Waals surface area contributed by atoms with Crippen LogP contribution in [0.3, 0.4) is 0 Å². The lowest BCUT2D eigenvalue weighted by molar-refractivity contribution is -0.115. The third-order valence-electron chi connectivity index (χ3n) is 3.96. The van der Waals surface area contributed by atoms with Gasteiger partial charge in [0.15, 0.2) is 11.0 Å². The van der Waals surface area contributed by atoms with Gasteiger partial charge < -0.3 is 14.6 Å². The van der Waals surface area contributed by atoms with E-state index in [1.54, 1.807) is 68.1 Å². The fourth-order valence-corrected chi connectivity index (χ4v) is 3.24. The second-order valence-corrected chi connectivity index (χ2v) is 7.13. The molecule has 3 aromatic rings. The number of thioether (sulfide) groups is 1. The van der Waals surface area contributed by atoms with Gasteiger partial charge in [-0.15, -0.1) is 10.2 Å². The number of amides is 1. The highest BCUT2D eigenvalue weighted by molar-refractivity contribution is 8.00. The number of carbonyl (C=O) groups excluding carboxylic acids is 1. The number of ether oxygens (including phenoxy) is 1. The summed E-state index contributed by atoms with van der Waals surface area (Å²) < 4.78 is 20.8. The number of carbonyl (C=O) groups is 1. The average molecular weight is 386 g/mol. The molecular formula is C19H19FN4O2S. The van der Waals surface area contributed by atoms with Crippen molar-refractivity contribution in [3.05, 3.63) is 54.3 Å². The van der Waals surface area contributed by atoms with E-state index < -0.39 is 5.25 Å². The number of benzene rings is 2. The molecule has 2 aromatic carbocycles. The van der Waals surface area contributed by atoms with Crippen molar-refractivity contribution in [2.75, 3.05) is 12.4 Å². The second kappa shape index (κ2) is 8.22. The van der Waals surface area contributed by atoms with E-state index in [0.717, 1.165) is 5.75 Å². The van der Waals surface area contributed by atoms with E-state index >= 15 is 0 Å². The molecule has 0 aliphatic carbocycles. The molecule has 140 valence electrons. The molecule has 6 nitrogen and oxygen atoms in total. The quantitative estimate of drug-likeness (QED) is 0.654.